The minimum Gasteiger partial charge on any atom is -0.481 e. The summed E-state index contributed by atoms with van der Waals surface area (Å²) in [5, 5.41) is 17.8. The molecule has 0 aliphatic heterocycles. The molecule has 1 rings (SSSR count). The predicted molar refractivity (Wildman–Crippen MR) is 53.0 cm³/mol. The van der Waals surface area contributed by atoms with Crippen LogP contribution in [-0.2, 0) is 11.4 Å². The van der Waals surface area contributed by atoms with Crippen molar-refractivity contribution in [2.75, 3.05) is 0 Å². The first kappa shape index (κ1) is 10.7. The number of hydrogen-bond acceptors (Lipinski definition) is 2. The van der Waals surface area contributed by atoms with Crippen LogP contribution in [0.25, 0.3) is 0 Å². The van der Waals surface area contributed by atoms with Crippen LogP contribution in [-0.4, -0.2) is 16.2 Å². The van der Waals surface area contributed by atoms with E-state index >= 15 is 0 Å². The van der Waals surface area contributed by atoms with Crippen molar-refractivity contribution in [2.24, 2.45) is 0 Å². The number of carbonyl (C=O) groups is 1. The summed E-state index contributed by atoms with van der Waals surface area (Å²) in [6.07, 6.45) is 0.560. The molecule has 0 amide bonds. The summed E-state index contributed by atoms with van der Waals surface area (Å²) in [5.74, 6) is -1.29. The highest BCUT2D eigenvalue weighted by molar-refractivity contribution is 5.76. The van der Waals surface area contributed by atoms with Gasteiger partial charge in [0, 0.05) is 0 Å². The minimum absolute atomic E-state index is 0.0517. The van der Waals surface area contributed by atoms with Crippen molar-refractivity contribution in [1.29, 1.82) is 0 Å². The number of hydrogen-bond donors (Lipinski definition) is 2. The Hall–Kier alpha value is -1.35. The zero-order chi connectivity index (χ0) is 10.6. The Morgan fingerprint density at radius 1 is 1.50 bits per heavy atom. The number of benzene rings is 1. The Kier molecular flexibility index (Phi) is 3.65. The van der Waals surface area contributed by atoms with Gasteiger partial charge < -0.3 is 10.2 Å². The number of carboxylic acid groups (broad SMARTS) is 1. The Bertz CT molecular complexity index is 320. The van der Waals surface area contributed by atoms with E-state index in [4.69, 9.17) is 10.2 Å². The van der Waals surface area contributed by atoms with Gasteiger partial charge in [-0.2, -0.15) is 0 Å². The lowest BCUT2D eigenvalue weighted by atomic mass is 9.95. The van der Waals surface area contributed by atoms with Crippen molar-refractivity contribution in [3.8, 4) is 0 Å². The topological polar surface area (TPSA) is 57.5 Å². The molecule has 0 spiro atoms. The smallest absolute Gasteiger partial charge is 0.310 e. The number of carboxylic acids is 1. The Morgan fingerprint density at radius 2 is 2.21 bits per heavy atom. The first-order valence-electron chi connectivity index (χ1n) is 4.61. The minimum atomic E-state index is -0.817. The maximum atomic E-state index is 10.9. The molecule has 76 valence electrons. The molecule has 1 unspecified atom stereocenters. The Balaban J connectivity index is 2.98. The molecule has 0 radical (unpaired) electrons. The maximum absolute atomic E-state index is 10.9. The molecule has 0 aromatic heterocycles. The van der Waals surface area contributed by atoms with E-state index < -0.39 is 11.9 Å². The highest BCUT2D eigenvalue weighted by Gasteiger charge is 2.17. The molecular weight excluding hydrogens is 180 g/mol. The van der Waals surface area contributed by atoms with Crippen LogP contribution in [0, 0.1) is 0 Å². The molecule has 3 heteroatoms. The molecule has 14 heavy (non-hydrogen) atoms. The molecule has 2 N–H and O–H groups in total. The van der Waals surface area contributed by atoms with Gasteiger partial charge in [-0.3, -0.25) is 4.79 Å². The van der Waals surface area contributed by atoms with Gasteiger partial charge in [-0.05, 0) is 17.5 Å². The third-order valence-corrected chi connectivity index (χ3v) is 2.24. The first-order valence-corrected chi connectivity index (χ1v) is 4.61. The fourth-order valence-corrected chi connectivity index (χ4v) is 1.46. The molecule has 3 nitrogen and oxygen atoms in total. The SMILES string of the molecule is CCC(C(=O)O)c1cccc(CO)c1. The average Bonchev–Trinajstić information content (AvgIpc) is 2.19. The van der Waals surface area contributed by atoms with Gasteiger partial charge in [0.15, 0.2) is 0 Å². The zero-order valence-electron chi connectivity index (χ0n) is 8.10. The number of aliphatic hydroxyl groups excluding tert-OH is 1. The fourth-order valence-electron chi connectivity index (χ4n) is 1.46. The third-order valence-electron chi connectivity index (χ3n) is 2.24. The van der Waals surface area contributed by atoms with Crippen molar-refractivity contribution in [3.05, 3.63) is 35.4 Å². The van der Waals surface area contributed by atoms with Gasteiger partial charge in [-0.1, -0.05) is 31.2 Å². The van der Waals surface area contributed by atoms with Gasteiger partial charge in [0.2, 0.25) is 0 Å². The molecule has 1 aromatic carbocycles. The van der Waals surface area contributed by atoms with E-state index in [1.165, 1.54) is 0 Å². The molecule has 0 heterocycles. The van der Waals surface area contributed by atoms with Crippen LogP contribution in [0.1, 0.15) is 30.4 Å². The molecule has 0 bridgehead atoms. The second kappa shape index (κ2) is 4.77. The van der Waals surface area contributed by atoms with Crippen molar-refractivity contribution in [1.82, 2.24) is 0 Å². The summed E-state index contributed by atoms with van der Waals surface area (Å²) < 4.78 is 0. The quantitative estimate of drug-likeness (QED) is 0.767. The third kappa shape index (κ3) is 2.33. The monoisotopic (exact) mass is 194 g/mol. The van der Waals surface area contributed by atoms with E-state index in [9.17, 15) is 4.79 Å². The van der Waals surface area contributed by atoms with E-state index in [2.05, 4.69) is 0 Å². The lowest BCUT2D eigenvalue weighted by molar-refractivity contribution is -0.138. The summed E-state index contributed by atoms with van der Waals surface area (Å²) in [6, 6.07) is 7.06. The average molecular weight is 194 g/mol. The van der Waals surface area contributed by atoms with Gasteiger partial charge in [0.25, 0.3) is 0 Å². The highest BCUT2D eigenvalue weighted by Crippen LogP contribution is 2.20. The van der Waals surface area contributed by atoms with Crippen LogP contribution in [0.2, 0.25) is 0 Å². The van der Waals surface area contributed by atoms with E-state index in [0.29, 0.717) is 6.42 Å². The van der Waals surface area contributed by atoms with Gasteiger partial charge in [-0.15, -0.1) is 0 Å². The summed E-state index contributed by atoms with van der Waals surface area (Å²) in [6.45, 7) is 1.79. The van der Waals surface area contributed by atoms with Gasteiger partial charge in [0.05, 0.1) is 12.5 Å². The highest BCUT2D eigenvalue weighted by atomic mass is 16.4. The molecule has 0 aliphatic rings. The molecule has 0 aliphatic carbocycles. The molecule has 0 fully saturated rings. The van der Waals surface area contributed by atoms with Crippen LogP contribution in [0.3, 0.4) is 0 Å². The largest absolute Gasteiger partial charge is 0.481 e. The fraction of sp³-hybridized carbons (Fsp3) is 0.364. The zero-order valence-corrected chi connectivity index (χ0v) is 8.10. The second-order valence-corrected chi connectivity index (χ2v) is 3.20. The Labute approximate surface area is 83.0 Å². The lowest BCUT2D eigenvalue weighted by Gasteiger charge is -2.10. The van der Waals surface area contributed by atoms with E-state index in [0.717, 1.165) is 11.1 Å². The molecule has 0 saturated carbocycles. The maximum Gasteiger partial charge on any atom is 0.310 e. The van der Waals surface area contributed by atoms with Crippen LogP contribution >= 0.6 is 0 Å². The molecule has 1 aromatic rings. The normalized spacial score (nSPS) is 12.4. The van der Waals surface area contributed by atoms with Gasteiger partial charge in [-0.25, -0.2) is 0 Å². The molecular formula is C11H14O3. The van der Waals surface area contributed by atoms with Crippen molar-refractivity contribution in [2.45, 2.75) is 25.9 Å². The second-order valence-electron chi connectivity index (χ2n) is 3.20. The first-order chi connectivity index (χ1) is 6.69. The van der Waals surface area contributed by atoms with Crippen LogP contribution in [0.5, 0.6) is 0 Å². The number of aliphatic hydroxyl groups is 1. The molecule has 1 atom stereocenters. The number of rotatable bonds is 4. The van der Waals surface area contributed by atoms with E-state index in [1.54, 1.807) is 24.3 Å². The van der Waals surface area contributed by atoms with Crippen LogP contribution < -0.4 is 0 Å². The number of aliphatic carboxylic acids is 1. The van der Waals surface area contributed by atoms with Crippen LogP contribution in [0.4, 0.5) is 0 Å². The Morgan fingerprint density at radius 3 is 2.71 bits per heavy atom. The predicted octanol–water partition coefficient (Wildman–Crippen LogP) is 1.76. The summed E-state index contributed by atoms with van der Waals surface area (Å²) >= 11 is 0. The van der Waals surface area contributed by atoms with Crippen molar-refractivity contribution >= 4 is 5.97 Å². The van der Waals surface area contributed by atoms with Gasteiger partial charge in [0.1, 0.15) is 0 Å². The van der Waals surface area contributed by atoms with Gasteiger partial charge >= 0.3 is 5.97 Å². The summed E-state index contributed by atoms with van der Waals surface area (Å²) in [4.78, 5) is 10.9. The summed E-state index contributed by atoms with van der Waals surface area (Å²) in [7, 11) is 0. The molecule has 0 saturated heterocycles. The van der Waals surface area contributed by atoms with Crippen molar-refractivity contribution < 1.29 is 15.0 Å². The van der Waals surface area contributed by atoms with Crippen molar-refractivity contribution in [3.63, 3.8) is 0 Å². The lowest BCUT2D eigenvalue weighted by Crippen LogP contribution is -2.10. The summed E-state index contributed by atoms with van der Waals surface area (Å²) in [5.41, 5.74) is 1.51. The standard InChI is InChI=1S/C11H14O3/c1-2-10(11(13)14)9-5-3-4-8(6-9)7-12/h3-6,10,12H,2,7H2,1H3,(H,13,14). The van der Waals surface area contributed by atoms with Crippen LogP contribution in [0.15, 0.2) is 24.3 Å². The van der Waals surface area contributed by atoms with E-state index in [1.807, 2.05) is 6.92 Å². The van der Waals surface area contributed by atoms with E-state index in [-0.39, 0.29) is 6.61 Å².